The van der Waals surface area contributed by atoms with E-state index in [0.29, 0.717) is 5.41 Å². The minimum Gasteiger partial charge on any atom is -0.0816 e. The van der Waals surface area contributed by atoms with Crippen LogP contribution in [-0.4, -0.2) is 0 Å². The molecule has 0 aromatic heterocycles. The third kappa shape index (κ3) is 2.86. The largest absolute Gasteiger partial charge is 0.0816 e. The van der Waals surface area contributed by atoms with Gasteiger partial charge in [0, 0.05) is 0 Å². The van der Waals surface area contributed by atoms with Crippen molar-refractivity contribution < 1.29 is 0 Å². The minimum absolute atomic E-state index is 0.557. The minimum atomic E-state index is 0.557. The highest BCUT2D eigenvalue weighted by atomic mass is 14.6. The van der Waals surface area contributed by atoms with Crippen molar-refractivity contribution in [3.63, 3.8) is 0 Å². The van der Waals surface area contributed by atoms with E-state index in [9.17, 15) is 0 Å². The fourth-order valence-corrected chi connectivity index (χ4v) is 3.16. The van der Waals surface area contributed by atoms with Crippen LogP contribution in [0.5, 0.6) is 0 Å². The van der Waals surface area contributed by atoms with Crippen molar-refractivity contribution in [2.75, 3.05) is 0 Å². The van der Waals surface area contributed by atoms with E-state index >= 15 is 0 Å². The lowest BCUT2D eigenvalue weighted by atomic mass is 10.0. The first-order valence-corrected chi connectivity index (χ1v) is 6.58. The van der Waals surface area contributed by atoms with Gasteiger partial charge in [0.05, 0.1) is 0 Å². The Labute approximate surface area is 96.2 Å². The number of rotatable bonds is 5. The summed E-state index contributed by atoms with van der Waals surface area (Å²) < 4.78 is 0. The summed E-state index contributed by atoms with van der Waals surface area (Å²) in [5, 5.41) is 0. The van der Waals surface area contributed by atoms with Crippen LogP contribution >= 0.6 is 0 Å². The molecule has 0 amide bonds. The van der Waals surface area contributed by atoms with Crippen molar-refractivity contribution in [3.8, 4) is 0 Å². The van der Waals surface area contributed by atoms with E-state index in [1.165, 1.54) is 19.3 Å². The van der Waals surface area contributed by atoms with Crippen molar-refractivity contribution in [1.82, 2.24) is 0 Å². The van der Waals surface area contributed by atoms with Gasteiger partial charge in [-0.3, -0.25) is 0 Å². The highest BCUT2D eigenvalue weighted by Crippen LogP contribution is 2.62. The van der Waals surface area contributed by atoms with Crippen molar-refractivity contribution >= 4 is 0 Å². The summed E-state index contributed by atoms with van der Waals surface area (Å²) in [6, 6.07) is 0. The van der Waals surface area contributed by atoms with Gasteiger partial charge in [-0.1, -0.05) is 52.7 Å². The Balaban J connectivity index is 2.53. The lowest BCUT2D eigenvalue weighted by molar-refractivity contribution is 0.451. The predicted octanol–water partition coefficient (Wildman–Crippen LogP) is 5.05. The zero-order valence-corrected chi connectivity index (χ0v) is 11.4. The zero-order valence-electron chi connectivity index (χ0n) is 11.4. The van der Waals surface area contributed by atoms with E-state index in [-0.39, 0.29) is 0 Å². The molecule has 0 heterocycles. The van der Waals surface area contributed by atoms with Crippen LogP contribution in [0.25, 0.3) is 0 Å². The quantitative estimate of drug-likeness (QED) is 0.555. The molecule has 0 nitrogen and oxygen atoms in total. The molecule has 0 aromatic carbocycles. The highest BCUT2D eigenvalue weighted by molar-refractivity contribution is 5.18. The molecule has 0 aliphatic heterocycles. The predicted molar refractivity (Wildman–Crippen MR) is 68.9 cm³/mol. The Morgan fingerprint density at radius 3 is 2.33 bits per heavy atom. The summed E-state index contributed by atoms with van der Waals surface area (Å²) >= 11 is 0. The van der Waals surface area contributed by atoms with Gasteiger partial charge in [0.1, 0.15) is 0 Å². The average molecular weight is 208 g/mol. The lowest BCUT2D eigenvalue weighted by Gasteiger charge is -2.04. The maximum atomic E-state index is 2.56. The monoisotopic (exact) mass is 208 g/mol. The van der Waals surface area contributed by atoms with Crippen LogP contribution in [0.1, 0.15) is 60.8 Å². The van der Waals surface area contributed by atoms with E-state index in [1.54, 1.807) is 5.57 Å². The third-order valence-corrected chi connectivity index (χ3v) is 4.10. The van der Waals surface area contributed by atoms with Crippen molar-refractivity contribution in [1.29, 1.82) is 0 Å². The summed E-state index contributed by atoms with van der Waals surface area (Å²) in [7, 11) is 0. The Kier molecular flexibility index (Phi) is 4.03. The van der Waals surface area contributed by atoms with Gasteiger partial charge in [0.15, 0.2) is 0 Å². The molecule has 1 rings (SSSR count). The highest BCUT2D eigenvalue weighted by Gasteiger charge is 2.57. The first-order chi connectivity index (χ1) is 6.91. The number of hydrogen-bond donors (Lipinski definition) is 0. The zero-order chi connectivity index (χ0) is 11.6. The van der Waals surface area contributed by atoms with E-state index in [2.05, 4.69) is 47.6 Å². The maximum absolute atomic E-state index is 2.56. The van der Waals surface area contributed by atoms with Crippen LogP contribution in [0.2, 0.25) is 0 Å². The van der Waals surface area contributed by atoms with Crippen molar-refractivity contribution in [3.05, 3.63) is 11.6 Å². The van der Waals surface area contributed by atoms with Crippen LogP contribution in [0.4, 0.5) is 0 Å². The Morgan fingerprint density at radius 1 is 1.33 bits per heavy atom. The molecule has 0 aromatic rings. The fourth-order valence-electron chi connectivity index (χ4n) is 3.16. The summed E-state index contributed by atoms with van der Waals surface area (Å²) in [4.78, 5) is 0. The molecule has 2 atom stereocenters. The van der Waals surface area contributed by atoms with E-state index in [1.807, 2.05) is 0 Å². The average Bonchev–Trinajstić information content (AvgIpc) is 2.64. The van der Waals surface area contributed by atoms with Gasteiger partial charge in [0.25, 0.3) is 0 Å². The van der Waals surface area contributed by atoms with Gasteiger partial charge < -0.3 is 0 Å². The van der Waals surface area contributed by atoms with Gasteiger partial charge in [-0.15, -0.1) is 0 Å². The Morgan fingerprint density at radius 2 is 1.93 bits per heavy atom. The molecule has 0 spiro atoms. The van der Waals surface area contributed by atoms with E-state index in [4.69, 9.17) is 0 Å². The molecule has 2 unspecified atom stereocenters. The third-order valence-electron chi connectivity index (χ3n) is 4.10. The van der Waals surface area contributed by atoms with Crippen molar-refractivity contribution in [2.45, 2.75) is 60.8 Å². The topological polar surface area (TPSA) is 0 Å². The normalized spacial score (nSPS) is 29.7. The van der Waals surface area contributed by atoms with E-state index in [0.717, 1.165) is 17.8 Å². The molecule has 0 saturated heterocycles. The molecule has 0 bridgehead atoms. The Bertz CT molecular complexity index is 232. The summed E-state index contributed by atoms with van der Waals surface area (Å²) in [6.45, 7) is 14.1. The van der Waals surface area contributed by atoms with Crippen LogP contribution in [0.15, 0.2) is 11.6 Å². The second-order valence-corrected chi connectivity index (χ2v) is 6.23. The summed E-state index contributed by atoms with van der Waals surface area (Å²) in [6.07, 6.45) is 6.52. The van der Waals surface area contributed by atoms with Crippen LogP contribution in [-0.2, 0) is 0 Å². The second-order valence-electron chi connectivity index (χ2n) is 6.23. The maximum Gasteiger partial charge on any atom is -0.0140 e. The molecule has 1 saturated carbocycles. The molecule has 0 N–H and O–H groups in total. The Hall–Kier alpha value is -0.260. The lowest BCUT2D eigenvalue weighted by Crippen LogP contribution is -1.96. The summed E-state index contributed by atoms with van der Waals surface area (Å²) in [5.74, 6) is 2.59. The molecular formula is C15H28. The fraction of sp³-hybridized carbons (Fsp3) is 0.867. The van der Waals surface area contributed by atoms with Crippen LogP contribution in [0.3, 0.4) is 0 Å². The van der Waals surface area contributed by atoms with Crippen LogP contribution in [0, 0.1) is 23.2 Å². The van der Waals surface area contributed by atoms with E-state index < -0.39 is 0 Å². The first-order valence-electron chi connectivity index (χ1n) is 6.58. The molecule has 0 heteroatoms. The van der Waals surface area contributed by atoms with Gasteiger partial charge >= 0.3 is 0 Å². The number of allylic oxidation sites excluding steroid dienone is 2. The SMILES string of the molecule is CCCCC(C)=CC1C(C(C)C)C1(C)C. The standard InChI is InChI=1S/C15H28/c1-7-8-9-12(4)10-13-14(11(2)3)15(13,5)6/h10-11,13-14H,7-9H2,1-6H3. The van der Waals surface area contributed by atoms with Gasteiger partial charge in [0.2, 0.25) is 0 Å². The van der Waals surface area contributed by atoms with Crippen molar-refractivity contribution in [2.24, 2.45) is 23.2 Å². The molecular weight excluding hydrogens is 180 g/mol. The molecule has 1 aliphatic carbocycles. The first kappa shape index (κ1) is 12.8. The number of hydrogen-bond acceptors (Lipinski definition) is 0. The smallest absolute Gasteiger partial charge is 0.0140 e. The molecule has 15 heavy (non-hydrogen) atoms. The molecule has 1 fully saturated rings. The van der Waals surface area contributed by atoms with Gasteiger partial charge in [-0.25, -0.2) is 0 Å². The van der Waals surface area contributed by atoms with Gasteiger partial charge in [-0.2, -0.15) is 0 Å². The van der Waals surface area contributed by atoms with Gasteiger partial charge in [-0.05, 0) is 42.9 Å². The summed E-state index contributed by atoms with van der Waals surface area (Å²) in [5.41, 5.74) is 2.17. The second kappa shape index (κ2) is 4.72. The number of unbranched alkanes of at least 4 members (excludes halogenated alkanes) is 1. The molecule has 88 valence electrons. The molecule has 0 radical (unpaired) electrons. The van der Waals surface area contributed by atoms with Crippen LogP contribution < -0.4 is 0 Å². The molecule has 1 aliphatic rings.